The van der Waals surface area contributed by atoms with Gasteiger partial charge in [-0.25, -0.2) is 4.79 Å². The van der Waals surface area contributed by atoms with Crippen molar-refractivity contribution in [1.82, 2.24) is 9.63 Å². The first-order valence-corrected chi connectivity index (χ1v) is 5.24. The summed E-state index contributed by atoms with van der Waals surface area (Å²) >= 11 is 5.00. The summed E-state index contributed by atoms with van der Waals surface area (Å²) in [5.41, 5.74) is 0. The molecule has 1 heterocycles. The molecule has 0 saturated carbocycles. The van der Waals surface area contributed by atoms with Crippen LogP contribution in [0.4, 0.5) is 4.79 Å². The zero-order valence-electron chi connectivity index (χ0n) is 8.84. The van der Waals surface area contributed by atoms with Gasteiger partial charge in [0.2, 0.25) is 0 Å². The lowest BCUT2D eigenvalue weighted by atomic mass is 10.5. The molecule has 0 bridgehead atoms. The molecule has 0 N–H and O–H groups in total. The van der Waals surface area contributed by atoms with Crippen molar-refractivity contribution in [2.24, 2.45) is 0 Å². The minimum Gasteiger partial charge on any atom is -0.316 e. The average Bonchev–Trinajstić information content (AvgIpc) is 2.23. The monoisotopic (exact) mass is 226 g/mol. The van der Waals surface area contributed by atoms with Crippen molar-refractivity contribution in [2.75, 3.05) is 13.1 Å². The van der Waals surface area contributed by atoms with E-state index in [9.17, 15) is 4.79 Å². The Kier molecular flexibility index (Phi) is 4.30. The van der Waals surface area contributed by atoms with Crippen molar-refractivity contribution in [3.8, 4) is 0 Å². The standard InChI is InChI=1S/C10H14N2O2S/c1-3-11(4-2)10(13)14-12-8-6-5-7-9(12)15/h5-8H,3-4H2,1-2H3. The highest BCUT2D eigenvalue weighted by Crippen LogP contribution is 1.94. The molecule has 5 heteroatoms. The Balaban J connectivity index is 2.74. The number of amides is 1. The van der Waals surface area contributed by atoms with Gasteiger partial charge in [-0.15, -0.1) is 0 Å². The van der Waals surface area contributed by atoms with E-state index in [1.54, 1.807) is 29.3 Å². The first-order valence-electron chi connectivity index (χ1n) is 4.84. The Morgan fingerprint density at radius 3 is 2.67 bits per heavy atom. The fourth-order valence-corrected chi connectivity index (χ4v) is 1.29. The number of nitrogens with zero attached hydrogens (tertiary/aromatic N) is 2. The fourth-order valence-electron chi connectivity index (χ4n) is 1.11. The number of carbonyl (C=O) groups excluding carboxylic acids is 1. The van der Waals surface area contributed by atoms with Crippen LogP contribution in [-0.4, -0.2) is 28.8 Å². The van der Waals surface area contributed by atoms with Gasteiger partial charge in [-0.1, -0.05) is 18.3 Å². The maximum Gasteiger partial charge on any atom is 0.434 e. The van der Waals surface area contributed by atoms with Crippen LogP contribution in [-0.2, 0) is 0 Å². The number of pyridine rings is 1. The minimum atomic E-state index is -0.387. The quantitative estimate of drug-likeness (QED) is 0.740. The summed E-state index contributed by atoms with van der Waals surface area (Å²) in [5, 5.41) is 0. The van der Waals surface area contributed by atoms with Gasteiger partial charge in [0.15, 0.2) is 0 Å². The van der Waals surface area contributed by atoms with Crippen LogP contribution in [0.5, 0.6) is 0 Å². The van der Waals surface area contributed by atoms with E-state index in [2.05, 4.69) is 0 Å². The molecular formula is C10H14N2O2S. The summed E-state index contributed by atoms with van der Waals surface area (Å²) in [6, 6.07) is 5.25. The third kappa shape index (κ3) is 3.06. The second-order valence-electron chi connectivity index (χ2n) is 2.89. The molecule has 0 aliphatic heterocycles. The van der Waals surface area contributed by atoms with Crippen molar-refractivity contribution >= 4 is 18.3 Å². The highest BCUT2D eigenvalue weighted by Gasteiger charge is 2.11. The molecule has 15 heavy (non-hydrogen) atoms. The van der Waals surface area contributed by atoms with Gasteiger partial charge in [-0.3, -0.25) is 0 Å². The lowest BCUT2D eigenvalue weighted by Crippen LogP contribution is -2.36. The largest absolute Gasteiger partial charge is 0.434 e. The Bertz CT molecular complexity index is 385. The predicted molar refractivity (Wildman–Crippen MR) is 60.2 cm³/mol. The highest BCUT2D eigenvalue weighted by molar-refractivity contribution is 7.71. The zero-order chi connectivity index (χ0) is 11.3. The van der Waals surface area contributed by atoms with Crippen LogP contribution in [0.25, 0.3) is 0 Å². The first-order chi connectivity index (χ1) is 7.19. The minimum absolute atomic E-state index is 0.387. The van der Waals surface area contributed by atoms with E-state index in [1.165, 1.54) is 4.73 Å². The second-order valence-corrected chi connectivity index (χ2v) is 3.31. The molecule has 4 nitrogen and oxygen atoms in total. The number of rotatable bonds is 3. The Morgan fingerprint density at radius 1 is 1.47 bits per heavy atom. The van der Waals surface area contributed by atoms with Crippen molar-refractivity contribution < 1.29 is 9.63 Å². The lowest BCUT2D eigenvalue weighted by molar-refractivity contribution is 0.0936. The summed E-state index contributed by atoms with van der Waals surface area (Å²) in [4.78, 5) is 18.2. The number of carbonyl (C=O) groups is 1. The van der Waals surface area contributed by atoms with Crippen molar-refractivity contribution in [3.05, 3.63) is 29.0 Å². The van der Waals surface area contributed by atoms with Crippen LogP contribution < -0.4 is 4.84 Å². The Hall–Kier alpha value is -1.36. The van der Waals surface area contributed by atoms with Crippen molar-refractivity contribution in [2.45, 2.75) is 13.8 Å². The average molecular weight is 226 g/mol. The molecule has 0 atom stereocenters. The smallest absolute Gasteiger partial charge is 0.316 e. The molecule has 1 rings (SSSR count). The van der Waals surface area contributed by atoms with Gasteiger partial charge in [-0.2, -0.15) is 4.73 Å². The van der Waals surface area contributed by atoms with E-state index in [0.717, 1.165) is 0 Å². The van der Waals surface area contributed by atoms with Gasteiger partial charge in [0, 0.05) is 19.3 Å². The van der Waals surface area contributed by atoms with Gasteiger partial charge >= 0.3 is 6.09 Å². The van der Waals surface area contributed by atoms with Crippen LogP contribution in [0.1, 0.15) is 13.8 Å². The van der Waals surface area contributed by atoms with Crippen molar-refractivity contribution in [1.29, 1.82) is 0 Å². The van der Waals surface area contributed by atoms with Gasteiger partial charge in [0.25, 0.3) is 0 Å². The molecule has 0 radical (unpaired) electrons. The molecule has 82 valence electrons. The molecule has 1 aromatic heterocycles. The van der Waals surface area contributed by atoms with Crippen LogP contribution in [0, 0.1) is 4.64 Å². The number of hydrogen-bond donors (Lipinski definition) is 0. The maximum atomic E-state index is 11.6. The molecule has 0 aliphatic rings. The summed E-state index contributed by atoms with van der Waals surface area (Å²) in [5.74, 6) is 0. The van der Waals surface area contributed by atoms with E-state index >= 15 is 0 Å². The molecule has 0 unspecified atom stereocenters. The maximum absolute atomic E-state index is 11.6. The molecule has 0 aliphatic carbocycles. The SMILES string of the molecule is CCN(CC)C(=O)On1ccccc1=S. The molecular weight excluding hydrogens is 212 g/mol. The topological polar surface area (TPSA) is 34.5 Å². The van der Waals surface area contributed by atoms with E-state index in [0.29, 0.717) is 17.7 Å². The summed E-state index contributed by atoms with van der Waals surface area (Å²) in [6.07, 6.45) is 1.23. The molecule has 0 aromatic carbocycles. The van der Waals surface area contributed by atoms with Gasteiger partial charge in [-0.05, 0) is 26.0 Å². The highest BCUT2D eigenvalue weighted by atomic mass is 32.1. The van der Waals surface area contributed by atoms with Crippen molar-refractivity contribution in [3.63, 3.8) is 0 Å². The number of hydrogen-bond acceptors (Lipinski definition) is 3. The van der Waals surface area contributed by atoms with Gasteiger partial charge < -0.3 is 9.74 Å². The van der Waals surface area contributed by atoms with E-state index in [1.807, 2.05) is 13.8 Å². The van der Waals surface area contributed by atoms with E-state index in [-0.39, 0.29) is 6.09 Å². The van der Waals surface area contributed by atoms with E-state index in [4.69, 9.17) is 17.1 Å². The van der Waals surface area contributed by atoms with Crippen LogP contribution in [0.2, 0.25) is 0 Å². The second kappa shape index (κ2) is 5.50. The first kappa shape index (κ1) is 11.7. The Morgan fingerprint density at radius 2 is 2.13 bits per heavy atom. The fraction of sp³-hybridized carbons (Fsp3) is 0.400. The van der Waals surface area contributed by atoms with E-state index < -0.39 is 0 Å². The molecule has 0 saturated heterocycles. The lowest BCUT2D eigenvalue weighted by Gasteiger charge is -2.18. The molecule has 1 aromatic rings. The molecule has 0 fully saturated rings. The number of aromatic nitrogens is 1. The van der Waals surface area contributed by atoms with Crippen LogP contribution in [0.15, 0.2) is 24.4 Å². The van der Waals surface area contributed by atoms with Gasteiger partial charge in [0.05, 0.1) is 0 Å². The predicted octanol–water partition coefficient (Wildman–Crippen LogP) is 2.11. The third-order valence-corrected chi connectivity index (χ3v) is 2.30. The van der Waals surface area contributed by atoms with Gasteiger partial charge in [0.1, 0.15) is 4.64 Å². The summed E-state index contributed by atoms with van der Waals surface area (Å²) in [7, 11) is 0. The van der Waals surface area contributed by atoms with Crippen LogP contribution in [0.3, 0.4) is 0 Å². The molecule has 0 spiro atoms. The normalized spacial score (nSPS) is 9.73. The summed E-state index contributed by atoms with van der Waals surface area (Å²) < 4.78 is 1.76. The zero-order valence-corrected chi connectivity index (χ0v) is 9.66. The third-order valence-electron chi connectivity index (χ3n) is 1.99. The molecule has 1 amide bonds. The Labute approximate surface area is 94.0 Å². The summed E-state index contributed by atoms with van der Waals surface area (Å²) in [6.45, 7) is 5.04. The van der Waals surface area contributed by atoms with Crippen LogP contribution >= 0.6 is 12.2 Å².